The van der Waals surface area contributed by atoms with Gasteiger partial charge in [-0.2, -0.15) is 0 Å². The molecular formula is C20H26N2O5S. The zero-order valence-electron chi connectivity index (χ0n) is 16.5. The SMILES string of the molecule is CC[C@H](C)NC(=O)C(=O)NC[C@@H](c1ccco1)S(=O)(=O)c1cc(C)ccc1C. The zero-order chi connectivity index (χ0) is 20.9. The van der Waals surface area contributed by atoms with E-state index in [1.54, 1.807) is 45.0 Å². The van der Waals surface area contributed by atoms with E-state index in [1.165, 1.54) is 6.26 Å². The lowest BCUT2D eigenvalue weighted by Crippen LogP contribution is -2.45. The molecule has 2 aromatic rings. The highest BCUT2D eigenvalue weighted by Gasteiger charge is 2.33. The van der Waals surface area contributed by atoms with Gasteiger partial charge in [0.15, 0.2) is 9.84 Å². The summed E-state index contributed by atoms with van der Waals surface area (Å²) in [6, 6.07) is 8.13. The maximum Gasteiger partial charge on any atom is 0.309 e. The first-order chi connectivity index (χ1) is 13.2. The van der Waals surface area contributed by atoms with Crippen molar-refractivity contribution in [2.75, 3.05) is 6.54 Å². The summed E-state index contributed by atoms with van der Waals surface area (Å²) in [5, 5.41) is 3.82. The average molecular weight is 407 g/mol. The minimum Gasteiger partial charge on any atom is -0.468 e. The van der Waals surface area contributed by atoms with Crippen LogP contribution >= 0.6 is 0 Å². The van der Waals surface area contributed by atoms with Crippen LogP contribution in [0, 0.1) is 13.8 Å². The molecule has 8 heteroatoms. The lowest BCUT2D eigenvalue weighted by atomic mass is 10.2. The molecule has 1 aromatic heterocycles. The summed E-state index contributed by atoms with van der Waals surface area (Å²) in [6.07, 6.45) is 2.05. The van der Waals surface area contributed by atoms with Crippen molar-refractivity contribution in [3.05, 3.63) is 53.5 Å². The Hall–Kier alpha value is -2.61. The third-order valence-electron chi connectivity index (χ3n) is 4.53. The van der Waals surface area contributed by atoms with E-state index in [0.29, 0.717) is 12.0 Å². The van der Waals surface area contributed by atoms with Crippen LogP contribution in [0.1, 0.15) is 42.4 Å². The summed E-state index contributed by atoms with van der Waals surface area (Å²) >= 11 is 0. The van der Waals surface area contributed by atoms with E-state index >= 15 is 0 Å². The van der Waals surface area contributed by atoms with Crippen LogP contribution in [-0.4, -0.2) is 32.8 Å². The Kier molecular flexibility index (Phi) is 7.01. The predicted octanol–water partition coefficient (Wildman–Crippen LogP) is 2.44. The molecule has 2 amide bonds. The molecular weight excluding hydrogens is 380 g/mol. The molecule has 7 nitrogen and oxygen atoms in total. The number of aryl methyl sites for hydroxylation is 2. The average Bonchev–Trinajstić information content (AvgIpc) is 3.17. The maximum atomic E-state index is 13.3. The number of sulfone groups is 1. The molecule has 0 saturated carbocycles. The van der Waals surface area contributed by atoms with Crippen molar-refractivity contribution in [1.82, 2.24) is 10.6 Å². The number of amides is 2. The quantitative estimate of drug-likeness (QED) is 0.687. The molecule has 0 aliphatic rings. The molecule has 2 rings (SSSR count). The van der Waals surface area contributed by atoms with Gasteiger partial charge in [-0.1, -0.05) is 19.1 Å². The molecule has 0 bridgehead atoms. The Morgan fingerprint density at radius 2 is 1.86 bits per heavy atom. The highest BCUT2D eigenvalue weighted by atomic mass is 32.2. The van der Waals surface area contributed by atoms with Crippen LogP contribution in [0.4, 0.5) is 0 Å². The molecule has 0 saturated heterocycles. The van der Waals surface area contributed by atoms with E-state index in [1.807, 2.05) is 13.0 Å². The predicted molar refractivity (Wildman–Crippen MR) is 105 cm³/mol. The molecule has 0 radical (unpaired) electrons. The number of furan rings is 1. The summed E-state index contributed by atoms with van der Waals surface area (Å²) in [7, 11) is -3.87. The number of nitrogens with one attached hydrogen (secondary N) is 2. The highest BCUT2D eigenvalue weighted by molar-refractivity contribution is 7.91. The molecule has 0 spiro atoms. The summed E-state index contributed by atoms with van der Waals surface area (Å²) in [6.45, 7) is 6.90. The molecule has 0 aliphatic heterocycles. The monoisotopic (exact) mass is 406 g/mol. The molecule has 2 N–H and O–H groups in total. The summed E-state index contributed by atoms with van der Waals surface area (Å²) in [5.74, 6) is -1.48. The number of rotatable bonds is 7. The van der Waals surface area contributed by atoms with Gasteiger partial charge in [-0.05, 0) is 56.5 Å². The molecule has 1 aromatic carbocycles. The van der Waals surface area contributed by atoms with E-state index in [2.05, 4.69) is 10.6 Å². The van der Waals surface area contributed by atoms with Crippen LogP contribution in [0.25, 0.3) is 0 Å². The van der Waals surface area contributed by atoms with Crippen LogP contribution in [0.5, 0.6) is 0 Å². The summed E-state index contributed by atoms with van der Waals surface area (Å²) in [5.41, 5.74) is 1.40. The van der Waals surface area contributed by atoms with E-state index in [9.17, 15) is 18.0 Å². The third kappa shape index (κ3) is 5.01. The fourth-order valence-electron chi connectivity index (χ4n) is 2.66. The van der Waals surface area contributed by atoms with Crippen molar-refractivity contribution in [3.8, 4) is 0 Å². The van der Waals surface area contributed by atoms with Crippen molar-refractivity contribution in [2.24, 2.45) is 0 Å². The zero-order valence-corrected chi connectivity index (χ0v) is 17.3. The van der Waals surface area contributed by atoms with E-state index < -0.39 is 26.9 Å². The third-order valence-corrected chi connectivity index (χ3v) is 6.73. The van der Waals surface area contributed by atoms with E-state index in [-0.39, 0.29) is 23.2 Å². The van der Waals surface area contributed by atoms with Crippen molar-refractivity contribution in [2.45, 2.75) is 50.3 Å². The molecule has 0 aliphatic carbocycles. The molecule has 1 heterocycles. The van der Waals surface area contributed by atoms with Crippen LogP contribution in [-0.2, 0) is 19.4 Å². The Morgan fingerprint density at radius 1 is 1.14 bits per heavy atom. The molecule has 2 atom stereocenters. The fraction of sp³-hybridized carbons (Fsp3) is 0.400. The fourth-order valence-corrected chi connectivity index (χ4v) is 4.58. The standard InChI is InChI=1S/C20H26N2O5S/c1-5-15(4)22-20(24)19(23)21-12-18(16-7-6-10-27-16)28(25,26)17-11-13(2)8-9-14(17)3/h6-11,15,18H,5,12H2,1-4H3,(H,21,23)(H,22,24)/t15-,18-/m0/s1. The number of benzene rings is 1. The Morgan fingerprint density at radius 3 is 2.46 bits per heavy atom. The Balaban J connectivity index is 2.28. The van der Waals surface area contributed by atoms with Crippen LogP contribution in [0.3, 0.4) is 0 Å². The van der Waals surface area contributed by atoms with Crippen molar-refractivity contribution in [3.63, 3.8) is 0 Å². The van der Waals surface area contributed by atoms with Crippen LogP contribution in [0.15, 0.2) is 45.9 Å². The van der Waals surface area contributed by atoms with E-state index in [0.717, 1.165) is 5.56 Å². The van der Waals surface area contributed by atoms with Crippen molar-refractivity contribution in [1.29, 1.82) is 0 Å². The number of carbonyl (C=O) groups is 2. The second-order valence-corrected chi connectivity index (χ2v) is 8.91. The number of hydrogen-bond acceptors (Lipinski definition) is 5. The molecule has 152 valence electrons. The molecule has 0 unspecified atom stereocenters. The van der Waals surface area contributed by atoms with Gasteiger partial charge >= 0.3 is 11.8 Å². The highest BCUT2D eigenvalue weighted by Crippen LogP contribution is 2.31. The lowest BCUT2D eigenvalue weighted by molar-refractivity contribution is -0.139. The second-order valence-electron chi connectivity index (χ2n) is 6.81. The van der Waals surface area contributed by atoms with Crippen LogP contribution < -0.4 is 10.6 Å². The van der Waals surface area contributed by atoms with Gasteiger partial charge in [0, 0.05) is 12.6 Å². The first-order valence-corrected chi connectivity index (χ1v) is 10.6. The first-order valence-electron chi connectivity index (χ1n) is 9.10. The number of hydrogen-bond donors (Lipinski definition) is 2. The first kappa shape index (κ1) is 21.7. The molecule has 28 heavy (non-hydrogen) atoms. The second kappa shape index (κ2) is 9.05. The van der Waals surface area contributed by atoms with E-state index in [4.69, 9.17) is 4.42 Å². The molecule has 0 fully saturated rings. The normalized spacial score (nSPS) is 13.6. The van der Waals surface area contributed by atoms with Gasteiger partial charge in [-0.3, -0.25) is 9.59 Å². The van der Waals surface area contributed by atoms with Gasteiger partial charge in [0.1, 0.15) is 11.0 Å². The minimum atomic E-state index is -3.87. The van der Waals surface area contributed by atoms with Gasteiger partial charge in [-0.25, -0.2) is 8.42 Å². The Labute approximate surface area is 165 Å². The van der Waals surface area contributed by atoms with Crippen molar-refractivity contribution < 1.29 is 22.4 Å². The van der Waals surface area contributed by atoms with Gasteiger partial charge in [0.2, 0.25) is 0 Å². The Bertz CT molecular complexity index is 936. The van der Waals surface area contributed by atoms with Crippen molar-refractivity contribution >= 4 is 21.7 Å². The smallest absolute Gasteiger partial charge is 0.309 e. The lowest BCUT2D eigenvalue weighted by Gasteiger charge is -2.18. The van der Waals surface area contributed by atoms with Gasteiger partial charge in [0.05, 0.1) is 11.2 Å². The van der Waals surface area contributed by atoms with Gasteiger partial charge in [-0.15, -0.1) is 0 Å². The van der Waals surface area contributed by atoms with Gasteiger partial charge in [0.25, 0.3) is 0 Å². The maximum absolute atomic E-state index is 13.3. The van der Waals surface area contributed by atoms with Crippen LogP contribution in [0.2, 0.25) is 0 Å². The topological polar surface area (TPSA) is 105 Å². The summed E-state index contributed by atoms with van der Waals surface area (Å²) in [4.78, 5) is 24.2. The largest absolute Gasteiger partial charge is 0.468 e. The minimum absolute atomic E-state index is 0.155. The van der Waals surface area contributed by atoms with Gasteiger partial charge < -0.3 is 15.1 Å². The summed E-state index contributed by atoms with van der Waals surface area (Å²) < 4.78 is 31.9. The number of carbonyl (C=O) groups excluding carboxylic acids is 2.